The van der Waals surface area contributed by atoms with E-state index in [-0.39, 0.29) is 0 Å². The molecule has 2 aromatic rings. The quantitative estimate of drug-likeness (QED) is 0.919. The first-order chi connectivity index (χ1) is 10.2. The maximum absolute atomic E-state index is 6.16. The molecular weight excluding hydrogens is 262 g/mol. The SMILES string of the molecule is CCCc1nn(C)c2c1nc(N)n2CCC1CCCCC1. The van der Waals surface area contributed by atoms with Crippen molar-refractivity contribution in [3.05, 3.63) is 5.69 Å². The van der Waals surface area contributed by atoms with Crippen LogP contribution in [0.15, 0.2) is 0 Å². The molecule has 2 N–H and O–H groups in total. The number of nitrogens with zero attached hydrogens (tertiary/aromatic N) is 4. The van der Waals surface area contributed by atoms with Gasteiger partial charge < -0.3 is 5.73 Å². The smallest absolute Gasteiger partial charge is 0.202 e. The normalized spacial score (nSPS) is 16.9. The first-order valence-electron chi connectivity index (χ1n) is 8.38. The van der Waals surface area contributed by atoms with E-state index in [9.17, 15) is 0 Å². The average Bonchev–Trinajstić information content (AvgIpc) is 2.96. The Kier molecular flexibility index (Phi) is 4.17. The highest BCUT2D eigenvalue weighted by atomic mass is 15.3. The molecule has 1 fully saturated rings. The van der Waals surface area contributed by atoms with Gasteiger partial charge in [0.15, 0.2) is 5.65 Å². The lowest BCUT2D eigenvalue weighted by atomic mass is 9.87. The van der Waals surface area contributed by atoms with Crippen LogP contribution in [0.5, 0.6) is 0 Å². The summed E-state index contributed by atoms with van der Waals surface area (Å²) in [7, 11) is 2.00. The third kappa shape index (κ3) is 2.78. The number of fused-ring (bicyclic) bond motifs is 1. The summed E-state index contributed by atoms with van der Waals surface area (Å²) in [6.07, 6.45) is 10.2. The van der Waals surface area contributed by atoms with Crippen LogP contribution in [0.25, 0.3) is 11.2 Å². The van der Waals surface area contributed by atoms with Crippen LogP contribution in [0, 0.1) is 5.92 Å². The summed E-state index contributed by atoms with van der Waals surface area (Å²) < 4.78 is 4.11. The summed E-state index contributed by atoms with van der Waals surface area (Å²) in [4.78, 5) is 4.57. The molecular formula is C16H27N5. The van der Waals surface area contributed by atoms with Gasteiger partial charge in [-0.15, -0.1) is 0 Å². The Balaban J connectivity index is 1.82. The Morgan fingerprint density at radius 1 is 1.24 bits per heavy atom. The van der Waals surface area contributed by atoms with E-state index in [1.165, 1.54) is 38.5 Å². The molecule has 0 atom stereocenters. The van der Waals surface area contributed by atoms with E-state index in [4.69, 9.17) is 5.73 Å². The average molecular weight is 289 g/mol. The van der Waals surface area contributed by atoms with Gasteiger partial charge in [0, 0.05) is 13.6 Å². The van der Waals surface area contributed by atoms with Crippen LogP contribution in [0.4, 0.5) is 5.95 Å². The zero-order valence-electron chi connectivity index (χ0n) is 13.3. The molecule has 1 aliphatic carbocycles. The molecule has 0 unspecified atom stereocenters. The highest BCUT2D eigenvalue weighted by Crippen LogP contribution is 2.28. The number of nitrogen functional groups attached to an aromatic ring is 1. The second kappa shape index (κ2) is 6.08. The van der Waals surface area contributed by atoms with Crippen LogP contribution in [0.3, 0.4) is 0 Å². The van der Waals surface area contributed by atoms with Crippen LogP contribution >= 0.6 is 0 Å². The monoisotopic (exact) mass is 289 g/mol. The highest BCUT2D eigenvalue weighted by Gasteiger charge is 2.19. The molecule has 5 nitrogen and oxygen atoms in total. The van der Waals surface area contributed by atoms with Gasteiger partial charge in [-0.2, -0.15) is 5.10 Å². The van der Waals surface area contributed by atoms with Gasteiger partial charge in [-0.1, -0.05) is 45.4 Å². The second-order valence-corrected chi connectivity index (χ2v) is 6.41. The summed E-state index contributed by atoms with van der Waals surface area (Å²) in [5.74, 6) is 1.50. The summed E-state index contributed by atoms with van der Waals surface area (Å²) in [6.45, 7) is 3.14. The van der Waals surface area contributed by atoms with Gasteiger partial charge in [-0.05, 0) is 18.8 Å². The molecule has 0 aromatic carbocycles. The molecule has 116 valence electrons. The Morgan fingerprint density at radius 3 is 2.71 bits per heavy atom. The predicted octanol–water partition coefficient (Wildman–Crippen LogP) is 3.27. The number of aryl methyl sites for hydroxylation is 3. The van der Waals surface area contributed by atoms with E-state index < -0.39 is 0 Å². The molecule has 0 saturated heterocycles. The highest BCUT2D eigenvalue weighted by molar-refractivity contribution is 5.77. The third-order valence-corrected chi connectivity index (χ3v) is 4.79. The van der Waals surface area contributed by atoms with Gasteiger partial charge in [0.05, 0.1) is 5.69 Å². The molecule has 2 aromatic heterocycles. The number of rotatable bonds is 5. The summed E-state index contributed by atoms with van der Waals surface area (Å²) in [5, 5.41) is 4.61. The molecule has 1 saturated carbocycles. The molecule has 5 heteroatoms. The lowest BCUT2D eigenvalue weighted by Crippen LogP contribution is -2.12. The minimum Gasteiger partial charge on any atom is -0.369 e. The molecule has 0 bridgehead atoms. The molecule has 21 heavy (non-hydrogen) atoms. The van der Waals surface area contributed by atoms with Gasteiger partial charge >= 0.3 is 0 Å². The van der Waals surface area contributed by atoms with E-state index in [1.54, 1.807) is 0 Å². The van der Waals surface area contributed by atoms with Crippen molar-refractivity contribution in [1.82, 2.24) is 19.3 Å². The Labute approximate surface area is 126 Å². The van der Waals surface area contributed by atoms with Crippen LogP contribution in [-0.4, -0.2) is 19.3 Å². The van der Waals surface area contributed by atoms with Gasteiger partial charge in [-0.3, -0.25) is 9.25 Å². The first kappa shape index (κ1) is 14.4. The van der Waals surface area contributed by atoms with Crippen molar-refractivity contribution in [3.8, 4) is 0 Å². The van der Waals surface area contributed by atoms with Gasteiger partial charge in [0.25, 0.3) is 0 Å². The van der Waals surface area contributed by atoms with Crippen molar-refractivity contribution in [3.63, 3.8) is 0 Å². The molecule has 0 spiro atoms. The van der Waals surface area contributed by atoms with Gasteiger partial charge in [-0.25, -0.2) is 4.98 Å². The van der Waals surface area contributed by atoms with Crippen LogP contribution in [0.1, 0.15) is 57.6 Å². The van der Waals surface area contributed by atoms with E-state index in [0.717, 1.165) is 42.2 Å². The first-order valence-corrected chi connectivity index (χ1v) is 8.38. The Hall–Kier alpha value is -1.52. The number of hydrogen-bond acceptors (Lipinski definition) is 3. The van der Waals surface area contributed by atoms with Crippen molar-refractivity contribution in [1.29, 1.82) is 0 Å². The number of aromatic nitrogens is 4. The summed E-state index contributed by atoms with van der Waals surface area (Å²) in [5.41, 5.74) is 9.33. The fourth-order valence-electron chi connectivity index (χ4n) is 3.67. The van der Waals surface area contributed by atoms with Crippen LogP contribution in [-0.2, 0) is 20.0 Å². The molecule has 0 aliphatic heterocycles. The minimum atomic E-state index is 0.645. The second-order valence-electron chi connectivity index (χ2n) is 6.41. The minimum absolute atomic E-state index is 0.645. The van der Waals surface area contributed by atoms with Crippen LogP contribution in [0.2, 0.25) is 0 Å². The topological polar surface area (TPSA) is 61.7 Å². The fourth-order valence-corrected chi connectivity index (χ4v) is 3.67. The Morgan fingerprint density at radius 2 is 2.00 bits per heavy atom. The van der Waals surface area contributed by atoms with Crippen molar-refractivity contribution in [2.75, 3.05) is 5.73 Å². The summed E-state index contributed by atoms with van der Waals surface area (Å²) in [6, 6.07) is 0. The number of imidazole rings is 1. The van der Waals surface area contributed by atoms with Gasteiger partial charge in [0.2, 0.25) is 5.95 Å². The van der Waals surface area contributed by atoms with Crippen LogP contribution < -0.4 is 5.73 Å². The van der Waals surface area contributed by atoms with Crippen molar-refractivity contribution < 1.29 is 0 Å². The third-order valence-electron chi connectivity index (χ3n) is 4.79. The number of anilines is 1. The van der Waals surface area contributed by atoms with E-state index in [1.807, 2.05) is 11.7 Å². The largest absolute Gasteiger partial charge is 0.369 e. The number of nitrogens with two attached hydrogens (primary N) is 1. The lowest BCUT2D eigenvalue weighted by molar-refractivity contribution is 0.325. The van der Waals surface area contributed by atoms with Crippen molar-refractivity contribution in [2.45, 2.75) is 64.8 Å². The molecule has 1 aliphatic rings. The summed E-state index contributed by atoms with van der Waals surface area (Å²) >= 11 is 0. The maximum Gasteiger partial charge on any atom is 0.202 e. The van der Waals surface area contributed by atoms with E-state index in [2.05, 4.69) is 21.6 Å². The standard InChI is InChI=1S/C16H27N5/c1-3-7-13-14-15(20(2)19-13)21(16(17)18-14)11-10-12-8-5-4-6-9-12/h12H,3-11H2,1-2H3,(H2,17,18). The zero-order chi connectivity index (χ0) is 14.8. The van der Waals surface area contributed by atoms with E-state index in [0.29, 0.717) is 5.95 Å². The molecule has 0 radical (unpaired) electrons. The van der Waals surface area contributed by atoms with E-state index >= 15 is 0 Å². The maximum atomic E-state index is 6.16. The van der Waals surface area contributed by atoms with Crippen molar-refractivity contribution in [2.24, 2.45) is 13.0 Å². The Bertz CT molecular complexity index is 604. The molecule has 0 amide bonds. The lowest BCUT2D eigenvalue weighted by Gasteiger charge is -2.21. The fraction of sp³-hybridized carbons (Fsp3) is 0.750. The molecule has 3 rings (SSSR count). The number of hydrogen-bond donors (Lipinski definition) is 1. The zero-order valence-corrected chi connectivity index (χ0v) is 13.3. The molecule has 2 heterocycles. The van der Waals surface area contributed by atoms with Crippen molar-refractivity contribution >= 4 is 17.1 Å². The predicted molar refractivity (Wildman–Crippen MR) is 86.1 cm³/mol. The van der Waals surface area contributed by atoms with Gasteiger partial charge in [0.1, 0.15) is 5.52 Å².